The molecule has 0 bridgehead atoms. The van der Waals surface area contributed by atoms with E-state index in [2.05, 4.69) is 0 Å². The summed E-state index contributed by atoms with van der Waals surface area (Å²) >= 11 is 0.983. The monoisotopic (exact) mass is 603 g/mol. The van der Waals surface area contributed by atoms with Gasteiger partial charge >= 0.3 is 11.9 Å². The highest BCUT2D eigenvalue weighted by atomic mass is 32.2. The predicted molar refractivity (Wildman–Crippen MR) is 149 cm³/mol. The molecule has 7 N–H and O–H groups in total. The van der Waals surface area contributed by atoms with Gasteiger partial charge in [-0.25, -0.2) is 4.79 Å². The average molecular weight is 604 g/mol. The third-order valence-electron chi connectivity index (χ3n) is 6.48. The number of phenols is 4. The number of carbonyl (C=O) groups excluding carboxylic acids is 1. The van der Waals surface area contributed by atoms with Gasteiger partial charge in [0.15, 0.2) is 35.2 Å². The van der Waals surface area contributed by atoms with E-state index in [4.69, 9.17) is 29.4 Å². The Morgan fingerprint density at radius 3 is 2.17 bits per heavy atom. The Hall–Kier alpha value is -4.69. The van der Waals surface area contributed by atoms with Crippen LogP contribution in [0.15, 0.2) is 42.5 Å². The highest BCUT2D eigenvalue weighted by molar-refractivity contribution is 7.99. The fourth-order valence-corrected chi connectivity index (χ4v) is 5.80. The minimum absolute atomic E-state index is 0.00326. The summed E-state index contributed by atoms with van der Waals surface area (Å²) in [5.74, 6) is -3.28. The summed E-state index contributed by atoms with van der Waals surface area (Å²) in [6.07, 6.45) is -2.44. The highest BCUT2D eigenvalue weighted by Gasteiger charge is 2.45. The summed E-state index contributed by atoms with van der Waals surface area (Å²) in [6.45, 7) is 0. The van der Waals surface area contributed by atoms with Crippen molar-refractivity contribution in [2.45, 2.75) is 23.5 Å². The third-order valence-corrected chi connectivity index (χ3v) is 7.90. The zero-order valence-corrected chi connectivity index (χ0v) is 23.5. The second kappa shape index (κ2) is 12.4. The molecule has 0 saturated heterocycles. The van der Waals surface area contributed by atoms with Gasteiger partial charge in [0.25, 0.3) is 0 Å². The number of thioether (sulfide) groups is 1. The number of aliphatic carboxylic acids is 1. The molecule has 0 aromatic heterocycles. The SMILES string of the molecule is COc1cc(C(=O)O[C@H]2[C@@H](c3ccc(O)c(O)c3)Oc3cc(O)cc(O)c3[C@@H]2SC[C@H](N)C(=O)O)cc(OC)c1OC. The summed E-state index contributed by atoms with van der Waals surface area (Å²) < 4.78 is 28.1. The smallest absolute Gasteiger partial charge is 0.338 e. The van der Waals surface area contributed by atoms with Crippen molar-refractivity contribution in [3.63, 3.8) is 0 Å². The van der Waals surface area contributed by atoms with Gasteiger partial charge < -0.3 is 55.0 Å². The van der Waals surface area contributed by atoms with Gasteiger partial charge in [-0.15, -0.1) is 11.8 Å². The summed E-state index contributed by atoms with van der Waals surface area (Å²) in [5.41, 5.74) is 6.15. The number of esters is 1. The fourth-order valence-electron chi connectivity index (χ4n) is 4.45. The number of nitrogens with two attached hydrogens (primary N) is 1. The first-order valence-electron chi connectivity index (χ1n) is 12.3. The maximum atomic E-state index is 13.6. The molecule has 0 fully saturated rings. The Morgan fingerprint density at radius 2 is 1.60 bits per heavy atom. The molecule has 42 heavy (non-hydrogen) atoms. The number of carboxylic acids is 1. The number of benzene rings is 3. The molecule has 0 aliphatic carbocycles. The number of aromatic hydroxyl groups is 4. The predicted octanol–water partition coefficient (Wildman–Crippen LogP) is 3.08. The lowest BCUT2D eigenvalue weighted by Crippen LogP contribution is -2.39. The Morgan fingerprint density at radius 1 is 0.929 bits per heavy atom. The number of ether oxygens (including phenoxy) is 5. The van der Waals surface area contributed by atoms with Crippen molar-refractivity contribution in [1.29, 1.82) is 0 Å². The Labute approximate surface area is 244 Å². The van der Waals surface area contributed by atoms with Crippen LogP contribution in [-0.2, 0) is 9.53 Å². The van der Waals surface area contributed by atoms with E-state index in [1.54, 1.807) is 0 Å². The first-order valence-corrected chi connectivity index (χ1v) is 13.4. The molecule has 0 saturated carbocycles. The average Bonchev–Trinajstić information content (AvgIpc) is 2.96. The van der Waals surface area contributed by atoms with Gasteiger partial charge in [-0.3, -0.25) is 4.79 Å². The second-order valence-electron chi connectivity index (χ2n) is 9.15. The van der Waals surface area contributed by atoms with E-state index in [-0.39, 0.29) is 51.2 Å². The number of carbonyl (C=O) groups is 2. The first-order chi connectivity index (χ1) is 20.0. The molecule has 4 rings (SSSR count). The van der Waals surface area contributed by atoms with Crippen molar-refractivity contribution in [2.75, 3.05) is 27.1 Å². The minimum Gasteiger partial charge on any atom is -0.508 e. The lowest BCUT2D eigenvalue weighted by Gasteiger charge is -2.39. The van der Waals surface area contributed by atoms with Crippen LogP contribution >= 0.6 is 11.8 Å². The zero-order chi connectivity index (χ0) is 30.7. The van der Waals surface area contributed by atoms with E-state index >= 15 is 0 Å². The van der Waals surface area contributed by atoms with Gasteiger partial charge in [0.05, 0.1) is 37.7 Å². The van der Waals surface area contributed by atoms with Crippen molar-refractivity contribution >= 4 is 23.7 Å². The molecular formula is C28H29NO12S. The Kier molecular flexibility index (Phi) is 8.97. The summed E-state index contributed by atoms with van der Waals surface area (Å²) in [6, 6.07) is 7.60. The van der Waals surface area contributed by atoms with Crippen LogP contribution in [0.1, 0.15) is 32.8 Å². The van der Waals surface area contributed by atoms with Gasteiger partial charge in [-0.05, 0) is 24.3 Å². The molecule has 1 aliphatic rings. The number of phenolic OH excluding ortho intramolecular Hbond substituents is 4. The molecular weight excluding hydrogens is 574 g/mol. The van der Waals surface area contributed by atoms with Crippen molar-refractivity contribution in [3.8, 4) is 46.0 Å². The van der Waals surface area contributed by atoms with Crippen molar-refractivity contribution in [1.82, 2.24) is 0 Å². The third kappa shape index (κ3) is 5.99. The van der Waals surface area contributed by atoms with Gasteiger partial charge in [-0.1, -0.05) is 6.07 Å². The highest BCUT2D eigenvalue weighted by Crippen LogP contribution is 2.54. The molecule has 0 unspecified atom stereocenters. The van der Waals surface area contributed by atoms with E-state index in [0.717, 1.165) is 17.8 Å². The second-order valence-corrected chi connectivity index (χ2v) is 10.3. The molecule has 224 valence electrons. The number of methoxy groups -OCH3 is 3. The number of hydrogen-bond acceptors (Lipinski definition) is 13. The molecule has 14 heteroatoms. The summed E-state index contributed by atoms with van der Waals surface area (Å²) in [7, 11) is 4.16. The number of rotatable bonds is 10. The van der Waals surface area contributed by atoms with E-state index < -0.39 is 52.7 Å². The van der Waals surface area contributed by atoms with E-state index in [1.807, 2.05) is 0 Å². The lowest BCUT2D eigenvalue weighted by molar-refractivity contribution is -0.137. The van der Waals surface area contributed by atoms with Crippen molar-refractivity contribution in [2.24, 2.45) is 5.73 Å². The largest absolute Gasteiger partial charge is 0.508 e. The van der Waals surface area contributed by atoms with Gasteiger partial charge in [0, 0.05) is 23.4 Å². The quantitative estimate of drug-likeness (QED) is 0.145. The topological polar surface area (TPSA) is 207 Å². The zero-order valence-electron chi connectivity index (χ0n) is 22.6. The molecule has 1 aliphatic heterocycles. The molecule has 0 amide bonds. The Balaban J connectivity index is 1.85. The molecule has 4 atom stereocenters. The van der Waals surface area contributed by atoms with Crippen LogP contribution in [0.2, 0.25) is 0 Å². The summed E-state index contributed by atoms with van der Waals surface area (Å²) in [5, 5.41) is 49.4. The standard InChI is InChI=1S/C28H29NO12S/c1-37-20-7-13(8-21(38-2)24(20)39-3)28(36)41-25-23(12-4-5-16(31)17(32)6-12)40-19-10-14(30)9-18(33)22(19)26(25)42-11-15(29)27(34)35/h4-10,15,23,25-26,30-33H,11,29H2,1-3H3,(H,34,35)/t15-,23+,25-,26-/m0/s1. The van der Waals surface area contributed by atoms with Crippen molar-refractivity contribution < 1.29 is 58.8 Å². The van der Waals surface area contributed by atoms with Gasteiger partial charge in [0.1, 0.15) is 23.3 Å². The van der Waals surface area contributed by atoms with Crippen LogP contribution in [-0.4, -0.2) is 76.7 Å². The van der Waals surface area contributed by atoms with Crippen LogP contribution < -0.4 is 24.7 Å². The van der Waals surface area contributed by atoms with Crippen LogP contribution in [0, 0.1) is 0 Å². The minimum atomic E-state index is -1.30. The lowest BCUT2D eigenvalue weighted by atomic mass is 9.93. The van der Waals surface area contributed by atoms with Crippen molar-refractivity contribution in [3.05, 3.63) is 59.2 Å². The van der Waals surface area contributed by atoms with Gasteiger partial charge in [0.2, 0.25) is 5.75 Å². The maximum Gasteiger partial charge on any atom is 0.338 e. The fraction of sp³-hybridized carbons (Fsp3) is 0.286. The summed E-state index contributed by atoms with van der Waals surface area (Å²) in [4.78, 5) is 25.1. The van der Waals surface area contributed by atoms with E-state index in [9.17, 15) is 35.1 Å². The molecule has 13 nitrogen and oxygen atoms in total. The number of fused-ring (bicyclic) bond motifs is 1. The van der Waals surface area contributed by atoms with E-state index in [0.29, 0.717) is 0 Å². The van der Waals surface area contributed by atoms with E-state index in [1.165, 1.54) is 57.7 Å². The Bertz CT molecular complexity index is 1470. The van der Waals surface area contributed by atoms with Crippen LogP contribution in [0.5, 0.6) is 46.0 Å². The molecule has 1 heterocycles. The van der Waals surface area contributed by atoms with Crippen LogP contribution in [0.4, 0.5) is 0 Å². The normalized spacial score (nSPS) is 18.2. The van der Waals surface area contributed by atoms with Crippen LogP contribution in [0.3, 0.4) is 0 Å². The molecule has 3 aromatic carbocycles. The molecule has 0 spiro atoms. The number of hydrogen-bond donors (Lipinski definition) is 6. The maximum absolute atomic E-state index is 13.6. The van der Waals surface area contributed by atoms with Crippen LogP contribution in [0.25, 0.3) is 0 Å². The molecule has 0 radical (unpaired) electrons. The first kappa shape index (κ1) is 30.3. The number of carboxylic acid groups (broad SMARTS) is 1. The van der Waals surface area contributed by atoms with Gasteiger partial charge in [-0.2, -0.15) is 0 Å². The molecule has 3 aromatic rings.